The minimum absolute atomic E-state index is 0.221. The Morgan fingerprint density at radius 2 is 1.85 bits per heavy atom. The molecule has 1 N–H and O–H groups in total. The zero-order valence-corrected chi connectivity index (χ0v) is 9.95. The Labute approximate surface area is 111 Å². The highest BCUT2D eigenvalue weighted by atomic mass is 19.2. The Morgan fingerprint density at radius 3 is 2.55 bits per heavy atom. The molecule has 3 rings (SSSR count). The van der Waals surface area contributed by atoms with Crippen molar-refractivity contribution in [2.75, 3.05) is 0 Å². The summed E-state index contributed by atoms with van der Waals surface area (Å²) in [6.07, 6.45) is 2.95. The molecule has 0 unspecified atom stereocenters. The van der Waals surface area contributed by atoms with E-state index < -0.39 is 23.2 Å². The fourth-order valence-electron chi connectivity index (χ4n) is 1.99. The lowest BCUT2D eigenvalue weighted by Crippen LogP contribution is -2.04. The highest BCUT2D eigenvalue weighted by molar-refractivity contribution is 6.15. The summed E-state index contributed by atoms with van der Waals surface area (Å²) in [6.45, 7) is 0. The van der Waals surface area contributed by atoms with Crippen LogP contribution in [0.3, 0.4) is 0 Å². The van der Waals surface area contributed by atoms with Crippen LogP contribution in [0.4, 0.5) is 13.2 Å². The number of aromatic amines is 1. The van der Waals surface area contributed by atoms with Gasteiger partial charge in [0.05, 0.1) is 0 Å². The molecule has 1 aromatic carbocycles. The van der Waals surface area contributed by atoms with Crippen molar-refractivity contribution in [3.05, 3.63) is 65.2 Å². The predicted octanol–water partition coefficient (Wildman–Crippen LogP) is 3.21. The number of carbonyl (C=O) groups is 1. The lowest BCUT2D eigenvalue weighted by molar-refractivity contribution is 0.103. The van der Waals surface area contributed by atoms with Gasteiger partial charge >= 0.3 is 0 Å². The van der Waals surface area contributed by atoms with Gasteiger partial charge in [-0.2, -0.15) is 0 Å². The Kier molecular flexibility index (Phi) is 2.78. The number of benzene rings is 1. The number of aromatic nitrogens is 2. The average molecular weight is 276 g/mol. The molecule has 0 atom stereocenters. The fourth-order valence-corrected chi connectivity index (χ4v) is 1.99. The van der Waals surface area contributed by atoms with Crippen molar-refractivity contribution in [3.8, 4) is 0 Å². The minimum Gasteiger partial charge on any atom is -0.345 e. The number of nitrogens with zero attached hydrogens (tertiary/aromatic N) is 1. The highest BCUT2D eigenvalue weighted by Gasteiger charge is 2.19. The van der Waals surface area contributed by atoms with Gasteiger partial charge in [-0.1, -0.05) is 0 Å². The van der Waals surface area contributed by atoms with E-state index in [2.05, 4.69) is 9.97 Å². The molecule has 20 heavy (non-hydrogen) atoms. The third-order valence-corrected chi connectivity index (χ3v) is 2.94. The maximum atomic E-state index is 13.2. The SMILES string of the molecule is O=C(c1cc(F)c(F)c(F)c1)c1c[nH]c2ncccc12. The van der Waals surface area contributed by atoms with E-state index in [1.807, 2.05) is 0 Å². The van der Waals surface area contributed by atoms with Crippen molar-refractivity contribution >= 4 is 16.8 Å². The zero-order chi connectivity index (χ0) is 14.3. The third-order valence-electron chi connectivity index (χ3n) is 2.94. The average Bonchev–Trinajstić information content (AvgIpc) is 2.87. The topological polar surface area (TPSA) is 45.8 Å². The number of pyridine rings is 1. The summed E-state index contributed by atoms with van der Waals surface area (Å²) >= 11 is 0. The lowest BCUT2D eigenvalue weighted by atomic mass is 10.0. The highest BCUT2D eigenvalue weighted by Crippen LogP contribution is 2.21. The molecular formula is C14H7F3N2O. The number of halogens is 3. The monoisotopic (exact) mass is 276 g/mol. The molecule has 100 valence electrons. The lowest BCUT2D eigenvalue weighted by Gasteiger charge is -2.02. The summed E-state index contributed by atoms with van der Waals surface area (Å²) in [4.78, 5) is 19.0. The fraction of sp³-hybridized carbons (Fsp3) is 0. The van der Waals surface area contributed by atoms with Crippen molar-refractivity contribution < 1.29 is 18.0 Å². The Hall–Kier alpha value is -2.63. The van der Waals surface area contributed by atoms with E-state index in [4.69, 9.17) is 0 Å². The number of rotatable bonds is 2. The molecular weight excluding hydrogens is 269 g/mol. The molecule has 0 spiro atoms. The first-order chi connectivity index (χ1) is 9.58. The normalized spacial score (nSPS) is 10.9. The van der Waals surface area contributed by atoms with Gasteiger partial charge in [0.2, 0.25) is 0 Å². The molecule has 2 aromatic heterocycles. The molecule has 2 heterocycles. The Bertz CT molecular complexity index is 803. The van der Waals surface area contributed by atoms with Crippen LogP contribution < -0.4 is 0 Å². The molecule has 0 amide bonds. The zero-order valence-electron chi connectivity index (χ0n) is 9.95. The smallest absolute Gasteiger partial charge is 0.195 e. The minimum atomic E-state index is -1.60. The maximum Gasteiger partial charge on any atom is 0.195 e. The van der Waals surface area contributed by atoms with Gasteiger partial charge in [-0.3, -0.25) is 4.79 Å². The van der Waals surface area contributed by atoms with Crippen LogP contribution >= 0.6 is 0 Å². The van der Waals surface area contributed by atoms with E-state index in [-0.39, 0.29) is 11.1 Å². The molecule has 0 aliphatic heterocycles. The van der Waals surface area contributed by atoms with Crippen LogP contribution in [0.5, 0.6) is 0 Å². The van der Waals surface area contributed by atoms with Gasteiger partial charge in [0.15, 0.2) is 23.2 Å². The summed E-state index contributed by atoms with van der Waals surface area (Å²) in [6, 6.07) is 4.65. The number of H-pyrrole nitrogens is 1. The molecule has 0 saturated heterocycles. The van der Waals surface area contributed by atoms with Crippen LogP contribution in [0.1, 0.15) is 15.9 Å². The largest absolute Gasteiger partial charge is 0.345 e. The quantitative estimate of drug-likeness (QED) is 0.577. The first-order valence-electron chi connectivity index (χ1n) is 5.69. The second-order valence-corrected chi connectivity index (χ2v) is 4.18. The van der Waals surface area contributed by atoms with Crippen LogP contribution in [0, 0.1) is 17.5 Å². The number of hydrogen-bond donors (Lipinski definition) is 1. The molecule has 0 fully saturated rings. The van der Waals surface area contributed by atoms with E-state index in [0.29, 0.717) is 23.2 Å². The van der Waals surface area contributed by atoms with Crippen molar-refractivity contribution in [1.82, 2.24) is 9.97 Å². The van der Waals surface area contributed by atoms with E-state index in [1.54, 1.807) is 18.3 Å². The molecule has 0 aliphatic carbocycles. The van der Waals surface area contributed by atoms with Crippen LogP contribution in [-0.4, -0.2) is 15.8 Å². The van der Waals surface area contributed by atoms with Gasteiger partial charge in [0, 0.05) is 28.9 Å². The molecule has 0 saturated carbocycles. The summed E-state index contributed by atoms with van der Waals surface area (Å²) in [5.41, 5.74) is 0.448. The van der Waals surface area contributed by atoms with Crippen LogP contribution in [-0.2, 0) is 0 Å². The third kappa shape index (κ3) is 1.85. The Morgan fingerprint density at radius 1 is 1.15 bits per heavy atom. The number of fused-ring (bicyclic) bond motifs is 1. The standard InChI is InChI=1S/C14H7F3N2O/c15-10-4-7(5-11(16)12(10)17)13(20)9-6-19-14-8(9)2-1-3-18-14/h1-6H,(H,18,19). The molecule has 6 heteroatoms. The maximum absolute atomic E-state index is 13.2. The first kappa shape index (κ1) is 12.4. The summed E-state index contributed by atoms with van der Waals surface area (Å²) in [7, 11) is 0. The van der Waals surface area contributed by atoms with Crippen LogP contribution in [0.25, 0.3) is 11.0 Å². The molecule has 0 bridgehead atoms. The van der Waals surface area contributed by atoms with Crippen LogP contribution in [0.15, 0.2) is 36.7 Å². The van der Waals surface area contributed by atoms with Crippen molar-refractivity contribution in [2.45, 2.75) is 0 Å². The number of hydrogen-bond acceptors (Lipinski definition) is 2. The van der Waals surface area contributed by atoms with Gasteiger partial charge in [-0.15, -0.1) is 0 Å². The first-order valence-corrected chi connectivity index (χ1v) is 5.69. The van der Waals surface area contributed by atoms with Crippen molar-refractivity contribution in [3.63, 3.8) is 0 Å². The van der Waals surface area contributed by atoms with Crippen molar-refractivity contribution in [2.24, 2.45) is 0 Å². The van der Waals surface area contributed by atoms with Gasteiger partial charge in [-0.25, -0.2) is 18.2 Å². The van der Waals surface area contributed by atoms with Crippen molar-refractivity contribution in [1.29, 1.82) is 0 Å². The van der Waals surface area contributed by atoms with Gasteiger partial charge in [0.25, 0.3) is 0 Å². The van der Waals surface area contributed by atoms with Gasteiger partial charge in [0.1, 0.15) is 5.65 Å². The number of carbonyl (C=O) groups excluding carboxylic acids is 1. The molecule has 0 aliphatic rings. The number of nitrogens with one attached hydrogen (secondary N) is 1. The van der Waals surface area contributed by atoms with E-state index in [9.17, 15) is 18.0 Å². The second-order valence-electron chi connectivity index (χ2n) is 4.18. The van der Waals surface area contributed by atoms with E-state index in [0.717, 1.165) is 0 Å². The molecule has 3 aromatic rings. The molecule has 0 radical (unpaired) electrons. The van der Waals surface area contributed by atoms with Crippen LogP contribution in [0.2, 0.25) is 0 Å². The van der Waals surface area contributed by atoms with Gasteiger partial charge < -0.3 is 4.98 Å². The summed E-state index contributed by atoms with van der Waals surface area (Å²) in [5.74, 6) is -5.00. The van der Waals surface area contributed by atoms with Gasteiger partial charge in [-0.05, 0) is 24.3 Å². The summed E-state index contributed by atoms with van der Waals surface area (Å²) in [5, 5.41) is 0.530. The summed E-state index contributed by atoms with van der Waals surface area (Å²) < 4.78 is 39.2. The number of ketones is 1. The molecule has 3 nitrogen and oxygen atoms in total. The Balaban J connectivity index is 2.13. The second kappa shape index (κ2) is 4.48. The van der Waals surface area contributed by atoms with E-state index >= 15 is 0 Å². The van der Waals surface area contributed by atoms with E-state index in [1.165, 1.54) is 6.20 Å². The predicted molar refractivity (Wildman–Crippen MR) is 65.8 cm³/mol.